The molecule has 0 saturated carbocycles. The van der Waals surface area contributed by atoms with Crippen molar-refractivity contribution >= 4 is 23.3 Å². The molecule has 0 radical (unpaired) electrons. The summed E-state index contributed by atoms with van der Waals surface area (Å²) in [4.78, 5) is 25.7. The van der Waals surface area contributed by atoms with Crippen molar-refractivity contribution in [3.63, 3.8) is 0 Å². The molecule has 0 atom stereocenters. The van der Waals surface area contributed by atoms with Crippen LogP contribution in [0.25, 0.3) is 0 Å². The fourth-order valence-corrected chi connectivity index (χ4v) is 1.31. The van der Waals surface area contributed by atoms with Crippen molar-refractivity contribution in [2.75, 3.05) is 23.7 Å². The third-order valence-corrected chi connectivity index (χ3v) is 2.12. The smallest absolute Gasteiger partial charge is 0.323 e. The Balaban J connectivity index is 3.02. The summed E-state index contributed by atoms with van der Waals surface area (Å²) in [6.07, 6.45) is 0. The van der Waals surface area contributed by atoms with Crippen molar-refractivity contribution in [1.82, 2.24) is 4.98 Å². The normalized spacial score (nSPS) is 9.94. The summed E-state index contributed by atoms with van der Waals surface area (Å²) >= 11 is 0. The third-order valence-electron chi connectivity index (χ3n) is 2.12. The summed E-state index contributed by atoms with van der Waals surface area (Å²) in [5, 5.41) is 19.2. The molecule has 1 heterocycles. The molecule has 0 amide bonds. The van der Waals surface area contributed by atoms with E-state index in [1.807, 2.05) is 0 Å². The number of pyridine rings is 1. The van der Waals surface area contributed by atoms with Crippen molar-refractivity contribution in [3.05, 3.63) is 22.2 Å². The number of carbonyl (C=O) groups is 1. The first-order chi connectivity index (χ1) is 7.95. The second-order valence-electron chi connectivity index (χ2n) is 3.24. The van der Waals surface area contributed by atoms with Crippen LogP contribution in [0.1, 0.15) is 6.92 Å². The molecule has 0 aliphatic rings. The van der Waals surface area contributed by atoms with Crippen molar-refractivity contribution in [1.29, 1.82) is 0 Å². The Hall–Kier alpha value is -2.38. The zero-order valence-electron chi connectivity index (χ0n) is 9.16. The molecule has 1 aromatic heterocycles. The van der Waals surface area contributed by atoms with Gasteiger partial charge < -0.3 is 15.7 Å². The van der Waals surface area contributed by atoms with E-state index in [0.717, 1.165) is 0 Å². The maximum absolute atomic E-state index is 10.6. The number of likely N-dealkylation sites (N-methyl/N-ethyl adjacent to an activating group) is 1. The fourth-order valence-electron chi connectivity index (χ4n) is 1.31. The highest BCUT2D eigenvalue weighted by Gasteiger charge is 2.16. The van der Waals surface area contributed by atoms with Crippen LogP contribution in [0.2, 0.25) is 0 Å². The van der Waals surface area contributed by atoms with E-state index >= 15 is 0 Å². The summed E-state index contributed by atoms with van der Waals surface area (Å²) in [5.74, 6) is -0.931. The summed E-state index contributed by atoms with van der Waals surface area (Å²) in [5.41, 5.74) is 5.13. The van der Waals surface area contributed by atoms with Gasteiger partial charge in [0.25, 0.3) is 0 Å². The van der Waals surface area contributed by atoms with Gasteiger partial charge in [-0.05, 0) is 13.0 Å². The number of carboxylic acid groups (broad SMARTS) is 1. The summed E-state index contributed by atoms with van der Waals surface area (Å²) in [6, 6.07) is 2.59. The maximum atomic E-state index is 10.6. The second-order valence-corrected chi connectivity index (χ2v) is 3.24. The zero-order valence-corrected chi connectivity index (χ0v) is 9.16. The predicted molar refractivity (Wildman–Crippen MR) is 60.8 cm³/mol. The van der Waals surface area contributed by atoms with E-state index in [-0.39, 0.29) is 18.1 Å². The molecule has 92 valence electrons. The molecular formula is C9H12N4O4. The SMILES string of the molecule is CCN(CC(=O)O)c1ccc([N+](=O)[O-])c(N)n1. The highest BCUT2D eigenvalue weighted by atomic mass is 16.6. The minimum Gasteiger partial charge on any atom is -0.480 e. The number of rotatable bonds is 5. The number of anilines is 2. The molecular weight excluding hydrogens is 228 g/mol. The van der Waals surface area contributed by atoms with E-state index in [2.05, 4.69) is 4.98 Å². The lowest BCUT2D eigenvalue weighted by atomic mass is 10.3. The molecule has 0 spiro atoms. The van der Waals surface area contributed by atoms with Crippen LogP contribution in [0, 0.1) is 10.1 Å². The van der Waals surface area contributed by atoms with Crippen molar-refractivity contribution in [3.8, 4) is 0 Å². The summed E-state index contributed by atoms with van der Waals surface area (Å²) in [6.45, 7) is 1.93. The van der Waals surface area contributed by atoms with E-state index in [1.54, 1.807) is 6.92 Å². The van der Waals surface area contributed by atoms with Crippen LogP contribution in [0.15, 0.2) is 12.1 Å². The number of aliphatic carboxylic acids is 1. The Morgan fingerprint density at radius 1 is 1.65 bits per heavy atom. The van der Waals surface area contributed by atoms with Gasteiger partial charge in [-0.1, -0.05) is 0 Å². The first-order valence-electron chi connectivity index (χ1n) is 4.83. The third kappa shape index (κ3) is 3.03. The Labute approximate surface area is 96.8 Å². The van der Waals surface area contributed by atoms with Crippen LogP contribution in [0.5, 0.6) is 0 Å². The average molecular weight is 240 g/mol. The van der Waals surface area contributed by atoms with Gasteiger partial charge in [0.15, 0.2) is 0 Å². The highest BCUT2D eigenvalue weighted by molar-refractivity contribution is 5.73. The second kappa shape index (κ2) is 5.10. The Morgan fingerprint density at radius 3 is 2.71 bits per heavy atom. The van der Waals surface area contributed by atoms with Crippen LogP contribution >= 0.6 is 0 Å². The number of nitrogens with zero attached hydrogens (tertiary/aromatic N) is 3. The van der Waals surface area contributed by atoms with Crippen LogP contribution in [-0.4, -0.2) is 34.1 Å². The number of hydrogen-bond acceptors (Lipinski definition) is 6. The van der Waals surface area contributed by atoms with Crippen molar-refractivity contribution in [2.45, 2.75) is 6.92 Å². The lowest BCUT2D eigenvalue weighted by Gasteiger charge is -2.19. The van der Waals surface area contributed by atoms with Gasteiger partial charge in [0, 0.05) is 12.6 Å². The molecule has 0 aliphatic carbocycles. The molecule has 0 bridgehead atoms. The number of nitrogens with two attached hydrogens (primary N) is 1. The van der Waals surface area contributed by atoms with Gasteiger partial charge in [0.2, 0.25) is 5.82 Å². The van der Waals surface area contributed by atoms with Crippen LogP contribution in [0.3, 0.4) is 0 Å². The zero-order chi connectivity index (χ0) is 13.0. The quantitative estimate of drug-likeness (QED) is 0.566. The van der Waals surface area contributed by atoms with Crippen LogP contribution < -0.4 is 10.6 Å². The summed E-state index contributed by atoms with van der Waals surface area (Å²) < 4.78 is 0. The van der Waals surface area contributed by atoms with E-state index in [9.17, 15) is 14.9 Å². The molecule has 0 aromatic carbocycles. The van der Waals surface area contributed by atoms with Crippen LogP contribution in [-0.2, 0) is 4.79 Å². The molecule has 0 unspecified atom stereocenters. The lowest BCUT2D eigenvalue weighted by Crippen LogP contribution is -2.30. The molecule has 0 fully saturated rings. The maximum Gasteiger partial charge on any atom is 0.323 e. The van der Waals surface area contributed by atoms with Gasteiger partial charge in [-0.25, -0.2) is 4.98 Å². The Morgan fingerprint density at radius 2 is 2.29 bits per heavy atom. The molecule has 17 heavy (non-hydrogen) atoms. The minimum absolute atomic E-state index is 0.226. The van der Waals surface area contributed by atoms with Gasteiger partial charge in [-0.15, -0.1) is 0 Å². The Bertz CT molecular complexity index is 449. The molecule has 1 rings (SSSR count). The number of aromatic nitrogens is 1. The van der Waals surface area contributed by atoms with Gasteiger partial charge in [-0.3, -0.25) is 14.9 Å². The van der Waals surface area contributed by atoms with Crippen molar-refractivity contribution in [2.24, 2.45) is 0 Å². The first kappa shape index (κ1) is 12.7. The average Bonchev–Trinajstić information content (AvgIpc) is 2.24. The molecule has 1 aromatic rings. The predicted octanol–water partition coefficient (Wildman–Crippen LogP) is 0.483. The van der Waals surface area contributed by atoms with Gasteiger partial charge in [-0.2, -0.15) is 0 Å². The fraction of sp³-hybridized carbons (Fsp3) is 0.333. The van der Waals surface area contributed by atoms with E-state index < -0.39 is 10.9 Å². The van der Waals surface area contributed by atoms with Crippen LogP contribution in [0.4, 0.5) is 17.3 Å². The Kier molecular flexibility index (Phi) is 3.81. The minimum atomic E-state index is -1.01. The molecule has 0 saturated heterocycles. The van der Waals surface area contributed by atoms with Gasteiger partial charge >= 0.3 is 11.7 Å². The van der Waals surface area contributed by atoms with E-state index in [4.69, 9.17) is 10.8 Å². The largest absolute Gasteiger partial charge is 0.480 e. The van der Waals surface area contributed by atoms with Crippen molar-refractivity contribution < 1.29 is 14.8 Å². The summed E-state index contributed by atoms with van der Waals surface area (Å²) in [7, 11) is 0. The monoisotopic (exact) mass is 240 g/mol. The number of nitro groups is 1. The van der Waals surface area contributed by atoms with E-state index in [1.165, 1.54) is 17.0 Å². The number of nitrogen functional groups attached to an aromatic ring is 1. The molecule has 8 heteroatoms. The molecule has 0 aliphatic heterocycles. The number of carboxylic acids is 1. The lowest BCUT2D eigenvalue weighted by molar-refractivity contribution is -0.384. The molecule has 3 N–H and O–H groups in total. The van der Waals surface area contributed by atoms with Gasteiger partial charge in [0.1, 0.15) is 12.4 Å². The van der Waals surface area contributed by atoms with E-state index in [0.29, 0.717) is 12.4 Å². The van der Waals surface area contributed by atoms with Gasteiger partial charge in [0.05, 0.1) is 4.92 Å². The first-order valence-corrected chi connectivity index (χ1v) is 4.83. The standard InChI is InChI=1S/C9H12N4O4/c1-2-12(5-8(14)15)7-4-3-6(13(16)17)9(10)11-7/h3-4H,2,5H2,1H3,(H2,10,11)(H,14,15). The number of hydrogen-bond donors (Lipinski definition) is 2. The molecule has 8 nitrogen and oxygen atoms in total. The highest BCUT2D eigenvalue weighted by Crippen LogP contribution is 2.22. The topological polar surface area (TPSA) is 123 Å².